The minimum Gasteiger partial charge on any atom is -0.379 e. The second-order valence-corrected chi connectivity index (χ2v) is 6.45. The number of hydrogen-bond donors (Lipinski definition) is 2. The molecule has 1 saturated carbocycles. The quantitative estimate of drug-likeness (QED) is 0.553. The van der Waals surface area contributed by atoms with Gasteiger partial charge in [0.05, 0.1) is 18.1 Å². The smallest absolute Gasteiger partial charge is 0.233 e. The summed E-state index contributed by atoms with van der Waals surface area (Å²) in [6.45, 7) is 0. The highest BCUT2D eigenvalue weighted by molar-refractivity contribution is 7.80. The van der Waals surface area contributed by atoms with E-state index in [2.05, 4.69) is 10.6 Å². The fourth-order valence-corrected chi connectivity index (χ4v) is 3.99. The number of carbonyl (C=O) groups excluding carboxylic acids is 1. The van der Waals surface area contributed by atoms with Crippen molar-refractivity contribution in [2.45, 2.75) is 43.1 Å². The summed E-state index contributed by atoms with van der Waals surface area (Å²) < 4.78 is 11.5. The standard InChI is InChI=1S/C12H17ClN2O3S/c1-17-8-4-6(13)2-5-3-7-10(16)14-12(19)15-11(7)18-9(5)8/h5-9,11H,2-4H2,1H3,(H2,14,15,16,19). The second kappa shape index (κ2) is 5.16. The Morgan fingerprint density at radius 3 is 2.95 bits per heavy atom. The number of fused-ring (bicyclic) bond motifs is 2. The van der Waals surface area contributed by atoms with Gasteiger partial charge in [0.2, 0.25) is 5.91 Å². The first kappa shape index (κ1) is 13.5. The van der Waals surface area contributed by atoms with E-state index in [0.717, 1.165) is 19.3 Å². The Hall–Kier alpha value is -0.430. The van der Waals surface area contributed by atoms with Crippen molar-refractivity contribution in [3.63, 3.8) is 0 Å². The molecule has 2 heterocycles. The Bertz CT molecular complexity index is 408. The minimum absolute atomic E-state index is 0.0115. The Labute approximate surface area is 122 Å². The summed E-state index contributed by atoms with van der Waals surface area (Å²) in [6.07, 6.45) is 2.05. The predicted octanol–water partition coefficient (Wildman–Crippen LogP) is 0.754. The van der Waals surface area contributed by atoms with E-state index < -0.39 is 0 Å². The van der Waals surface area contributed by atoms with E-state index in [1.54, 1.807) is 7.11 Å². The first-order chi connectivity index (χ1) is 9.08. The molecule has 2 N–H and O–H groups in total. The van der Waals surface area contributed by atoms with E-state index in [0.29, 0.717) is 5.11 Å². The molecule has 2 saturated heterocycles. The van der Waals surface area contributed by atoms with Gasteiger partial charge in [-0.1, -0.05) is 0 Å². The van der Waals surface area contributed by atoms with Crippen molar-refractivity contribution in [3.8, 4) is 0 Å². The number of thiocarbonyl (C=S) groups is 1. The topological polar surface area (TPSA) is 59.6 Å². The van der Waals surface area contributed by atoms with Crippen LogP contribution in [-0.2, 0) is 14.3 Å². The van der Waals surface area contributed by atoms with Crippen LogP contribution in [0, 0.1) is 11.8 Å². The van der Waals surface area contributed by atoms with Gasteiger partial charge in [-0.25, -0.2) is 0 Å². The molecule has 6 atom stereocenters. The first-order valence-electron chi connectivity index (χ1n) is 6.52. The van der Waals surface area contributed by atoms with Crippen LogP contribution in [0.1, 0.15) is 19.3 Å². The second-order valence-electron chi connectivity index (χ2n) is 5.43. The van der Waals surface area contributed by atoms with Crippen LogP contribution in [0.15, 0.2) is 0 Å². The van der Waals surface area contributed by atoms with E-state index in [-0.39, 0.29) is 41.6 Å². The molecule has 1 amide bonds. The first-order valence-corrected chi connectivity index (χ1v) is 7.36. The molecule has 0 aromatic carbocycles. The van der Waals surface area contributed by atoms with Gasteiger partial charge in [0, 0.05) is 12.5 Å². The highest BCUT2D eigenvalue weighted by Crippen LogP contribution is 2.41. The molecule has 106 valence electrons. The lowest BCUT2D eigenvalue weighted by molar-refractivity contribution is -0.188. The molecule has 0 aromatic heterocycles. The number of alkyl halides is 1. The fourth-order valence-electron chi connectivity index (χ4n) is 3.37. The maximum atomic E-state index is 12.0. The number of rotatable bonds is 1. The Kier molecular flexibility index (Phi) is 3.68. The van der Waals surface area contributed by atoms with Crippen LogP contribution in [0.2, 0.25) is 0 Å². The molecule has 0 aromatic rings. The van der Waals surface area contributed by atoms with Crippen molar-refractivity contribution in [2.75, 3.05) is 7.11 Å². The van der Waals surface area contributed by atoms with Crippen molar-refractivity contribution in [2.24, 2.45) is 11.8 Å². The van der Waals surface area contributed by atoms with Crippen LogP contribution in [0.4, 0.5) is 0 Å². The van der Waals surface area contributed by atoms with Crippen LogP contribution >= 0.6 is 23.8 Å². The fraction of sp³-hybridized carbons (Fsp3) is 0.833. The molecule has 3 aliphatic rings. The van der Waals surface area contributed by atoms with E-state index >= 15 is 0 Å². The maximum Gasteiger partial charge on any atom is 0.233 e. The lowest BCUT2D eigenvalue weighted by Gasteiger charge is -2.48. The Morgan fingerprint density at radius 2 is 2.21 bits per heavy atom. The van der Waals surface area contributed by atoms with Gasteiger partial charge in [-0.05, 0) is 37.4 Å². The Balaban J connectivity index is 1.79. The number of nitrogens with one attached hydrogen (secondary N) is 2. The number of carbonyl (C=O) groups is 1. The summed E-state index contributed by atoms with van der Waals surface area (Å²) in [6, 6.07) is 0. The molecule has 0 bridgehead atoms. The predicted molar refractivity (Wildman–Crippen MR) is 73.8 cm³/mol. The lowest BCUT2D eigenvalue weighted by Crippen LogP contribution is -2.64. The molecular weight excluding hydrogens is 288 g/mol. The molecule has 0 spiro atoms. The molecule has 3 rings (SSSR count). The van der Waals surface area contributed by atoms with Crippen molar-refractivity contribution >= 4 is 34.8 Å². The Morgan fingerprint density at radius 1 is 1.42 bits per heavy atom. The van der Waals surface area contributed by atoms with Crippen molar-refractivity contribution in [1.82, 2.24) is 10.6 Å². The normalized spacial score (nSPS) is 45.8. The summed E-state index contributed by atoms with van der Waals surface area (Å²) in [5.74, 6) is 0.00644. The molecule has 2 aliphatic heterocycles. The van der Waals surface area contributed by atoms with Crippen LogP contribution in [-0.4, -0.2) is 41.9 Å². The third kappa shape index (κ3) is 2.46. The maximum absolute atomic E-state index is 12.0. The lowest BCUT2D eigenvalue weighted by atomic mass is 9.75. The molecular formula is C12H17ClN2O3S. The summed E-state index contributed by atoms with van der Waals surface area (Å²) >= 11 is 11.3. The number of halogens is 1. The zero-order chi connectivity index (χ0) is 13.6. The number of methoxy groups -OCH3 is 1. The molecule has 5 nitrogen and oxygen atoms in total. The number of amides is 1. The SMILES string of the molecule is COC1CC(Cl)CC2CC3C(=O)NC(=S)NC3OC21. The van der Waals surface area contributed by atoms with Gasteiger partial charge in [-0.3, -0.25) is 4.79 Å². The third-order valence-corrected chi connectivity index (χ3v) is 4.83. The molecule has 1 aliphatic carbocycles. The molecule has 0 radical (unpaired) electrons. The average Bonchev–Trinajstić information content (AvgIpc) is 2.36. The summed E-state index contributed by atoms with van der Waals surface area (Å²) in [5.41, 5.74) is 0. The third-order valence-electron chi connectivity index (χ3n) is 4.25. The summed E-state index contributed by atoms with van der Waals surface area (Å²) in [5, 5.41) is 6.10. The largest absolute Gasteiger partial charge is 0.379 e. The van der Waals surface area contributed by atoms with Gasteiger partial charge in [0.1, 0.15) is 6.23 Å². The van der Waals surface area contributed by atoms with Crippen molar-refractivity contribution < 1.29 is 14.3 Å². The van der Waals surface area contributed by atoms with Gasteiger partial charge in [0.25, 0.3) is 0 Å². The van der Waals surface area contributed by atoms with E-state index in [9.17, 15) is 4.79 Å². The number of hydrogen-bond acceptors (Lipinski definition) is 4. The van der Waals surface area contributed by atoms with Crippen LogP contribution in [0.3, 0.4) is 0 Å². The van der Waals surface area contributed by atoms with Gasteiger partial charge in [0.15, 0.2) is 5.11 Å². The molecule has 6 unspecified atom stereocenters. The monoisotopic (exact) mass is 304 g/mol. The highest BCUT2D eigenvalue weighted by atomic mass is 35.5. The van der Waals surface area contributed by atoms with E-state index in [4.69, 9.17) is 33.3 Å². The van der Waals surface area contributed by atoms with E-state index in [1.165, 1.54) is 0 Å². The van der Waals surface area contributed by atoms with Gasteiger partial charge in [-0.15, -0.1) is 11.6 Å². The summed E-state index contributed by atoms with van der Waals surface area (Å²) in [7, 11) is 1.68. The van der Waals surface area contributed by atoms with Gasteiger partial charge in [-0.2, -0.15) is 0 Å². The molecule has 7 heteroatoms. The van der Waals surface area contributed by atoms with Crippen LogP contribution < -0.4 is 10.6 Å². The van der Waals surface area contributed by atoms with Crippen LogP contribution in [0.25, 0.3) is 0 Å². The van der Waals surface area contributed by atoms with Gasteiger partial charge < -0.3 is 20.1 Å². The number of ether oxygens (including phenoxy) is 2. The van der Waals surface area contributed by atoms with Gasteiger partial charge >= 0.3 is 0 Å². The molecule has 19 heavy (non-hydrogen) atoms. The van der Waals surface area contributed by atoms with Crippen molar-refractivity contribution in [3.05, 3.63) is 0 Å². The zero-order valence-electron chi connectivity index (χ0n) is 10.6. The summed E-state index contributed by atoms with van der Waals surface area (Å²) in [4.78, 5) is 12.0. The zero-order valence-corrected chi connectivity index (χ0v) is 12.2. The van der Waals surface area contributed by atoms with Crippen LogP contribution in [0.5, 0.6) is 0 Å². The van der Waals surface area contributed by atoms with Crippen molar-refractivity contribution in [1.29, 1.82) is 0 Å². The highest BCUT2D eigenvalue weighted by Gasteiger charge is 2.49. The van der Waals surface area contributed by atoms with E-state index in [1.807, 2.05) is 0 Å². The average molecular weight is 305 g/mol. The molecule has 3 fully saturated rings. The minimum atomic E-state index is -0.341.